The van der Waals surface area contributed by atoms with Crippen LogP contribution in [0, 0.1) is 12.3 Å². The Bertz CT molecular complexity index is 1220. The predicted molar refractivity (Wildman–Crippen MR) is 144 cm³/mol. The van der Waals surface area contributed by atoms with Crippen LogP contribution in [0.2, 0.25) is 0 Å². The summed E-state index contributed by atoms with van der Waals surface area (Å²) in [4.78, 5) is 26.4. The molecule has 0 aliphatic heterocycles. The van der Waals surface area contributed by atoms with E-state index in [1.165, 1.54) is 7.11 Å². The van der Waals surface area contributed by atoms with Crippen molar-refractivity contribution in [3.8, 4) is 16.9 Å². The Balaban J connectivity index is 1.77. The van der Waals surface area contributed by atoms with Crippen LogP contribution in [0.25, 0.3) is 11.1 Å². The third-order valence-electron chi connectivity index (χ3n) is 5.87. The van der Waals surface area contributed by atoms with Crippen molar-refractivity contribution in [1.82, 2.24) is 16.0 Å². The molecule has 4 N–H and O–H groups in total. The highest BCUT2D eigenvalue weighted by molar-refractivity contribution is 6.00. The number of amides is 2. The number of aryl methyl sites for hydroxylation is 1. The first-order chi connectivity index (χ1) is 17.9. The molecule has 194 valence electrons. The summed E-state index contributed by atoms with van der Waals surface area (Å²) in [5, 5.41) is 15.8. The van der Waals surface area contributed by atoms with Crippen molar-refractivity contribution in [1.29, 1.82) is 5.41 Å². The molecular weight excluding hydrogens is 471 g/mol. The molecule has 3 aromatic rings. The monoisotopic (exact) mass is 504 g/mol. The normalized spacial score (nSPS) is 11.3. The maximum absolute atomic E-state index is 13.4. The third kappa shape index (κ3) is 8.17. The van der Waals surface area contributed by atoms with Gasteiger partial charge in [0.1, 0.15) is 24.3 Å². The van der Waals surface area contributed by atoms with E-state index in [0.717, 1.165) is 22.3 Å². The Kier molecular flexibility index (Phi) is 10.2. The number of halogens is 1. The predicted octanol–water partition coefficient (Wildman–Crippen LogP) is 4.40. The molecule has 2 amide bonds. The van der Waals surface area contributed by atoms with Gasteiger partial charge in [-0.05, 0) is 48.6 Å². The number of carbonyl (C=O) groups excluding carboxylic acids is 2. The molecule has 3 aromatic carbocycles. The standard InChI is InChI=1S/C29H33FN4O3/c1-20-8-6-11-22(16-20)23-13-14-26(37-2)24(17-23)28(35)34-25(12-7-15-32-27(31)18-30)29(36)33-19-21-9-4-3-5-10-21/h3-6,8-11,13-14,16-17,25H,7,12,15,18-19H2,1-2H3,(H2,31,32)(H,33,36)(H,34,35)/t25-/m0/s1. The Morgan fingerprint density at radius 2 is 1.73 bits per heavy atom. The minimum Gasteiger partial charge on any atom is -0.496 e. The number of rotatable bonds is 12. The van der Waals surface area contributed by atoms with Crippen LogP contribution in [0.1, 0.15) is 34.3 Å². The summed E-state index contributed by atoms with van der Waals surface area (Å²) < 4.78 is 18.0. The third-order valence-corrected chi connectivity index (χ3v) is 5.87. The molecule has 0 fully saturated rings. The summed E-state index contributed by atoms with van der Waals surface area (Å²) in [6, 6.07) is 22.0. The quantitative estimate of drug-likeness (QED) is 0.167. The van der Waals surface area contributed by atoms with Crippen LogP contribution < -0.4 is 20.7 Å². The molecule has 7 nitrogen and oxygen atoms in total. The number of hydrogen-bond acceptors (Lipinski definition) is 4. The van der Waals surface area contributed by atoms with Crippen molar-refractivity contribution in [3.63, 3.8) is 0 Å². The highest BCUT2D eigenvalue weighted by Crippen LogP contribution is 2.27. The zero-order valence-electron chi connectivity index (χ0n) is 21.1. The number of nitrogens with one attached hydrogen (secondary N) is 4. The lowest BCUT2D eigenvalue weighted by Crippen LogP contribution is -2.47. The van der Waals surface area contributed by atoms with Gasteiger partial charge in [0.25, 0.3) is 5.91 Å². The average molecular weight is 505 g/mol. The molecule has 37 heavy (non-hydrogen) atoms. The van der Waals surface area contributed by atoms with E-state index >= 15 is 0 Å². The number of methoxy groups -OCH3 is 1. The first kappa shape index (κ1) is 27.4. The van der Waals surface area contributed by atoms with Crippen molar-refractivity contribution in [2.75, 3.05) is 20.3 Å². The highest BCUT2D eigenvalue weighted by atomic mass is 19.1. The molecule has 0 aliphatic rings. The molecule has 0 saturated carbocycles. The molecule has 0 saturated heterocycles. The fourth-order valence-electron chi connectivity index (χ4n) is 3.90. The van der Waals surface area contributed by atoms with Crippen LogP contribution in [0.5, 0.6) is 5.75 Å². The lowest BCUT2D eigenvalue weighted by Gasteiger charge is -2.20. The van der Waals surface area contributed by atoms with Crippen molar-refractivity contribution in [2.24, 2.45) is 0 Å². The number of benzene rings is 3. The molecule has 0 heterocycles. The van der Waals surface area contributed by atoms with Gasteiger partial charge in [0.2, 0.25) is 5.91 Å². The first-order valence-corrected chi connectivity index (χ1v) is 12.2. The average Bonchev–Trinajstić information content (AvgIpc) is 2.93. The summed E-state index contributed by atoms with van der Waals surface area (Å²) in [7, 11) is 1.49. The maximum Gasteiger partial charge on any atom is 0.255 e. The number of carbonyl (C=O) groups is 2. The topological polar surface area (TPSA) is 103 Å². The molecule has 0 bridgehead atoms. The molecule has 1 atom stereocenters. The largest absolute Gasteiger partial charge is 0.496 e. The maximum atomic E-state index is 13.4. The second kappa shape index (κ2) is 13.8. The molecule has 0 radical (unpaired) electrons. The zero-order chi connectivity index (χ0) is 26.6. The van der Waals surface area contributed by atoms with Crippen LogP contribution in [0.15, 0.2) is 72.8 Å². The molecule has 0 spiro atoms. The van der Waals surface area contributed by atoms with Crippen molar-refractivity contribution < 1.29 is 18.7 Å². The summed E-state index contributed by atoms with van der Waals surface area (Å²) in [5.74, 6) is -0.579. The van der Waals surface area contributed by atoms with E-state index in [4.69, 9.17) is 10.1 Å². The van der Waals surface area contributed by atoms with Gasteiger partial charge in [0.15, 0.2) is 0 Å². The van der Waals surface area contributed by atoms with Gasteiger partial charge < -0.3 is 20.7 Å². The molecule has 8 heteroatoms. The van der Waals surface area contributed by atoms with Gasteiger partial charge in [-0.3, -0.25) is 15.0 Å². The lowest BCUT2D eigenvalue weighted by molar-refractivity contribution is -0.123. The van der Waals surface area contributed by atoms with Gasteiger partial charge in [-0.25, -0.2) is 4.39 Å². The van der Waals surface area contributed by atoms with Crippen LogP contribution in [-0.4, -0.2) is 44.0 Å². The minimum absolute atomic E-state index is 0.216. The van der Waals surface area contributed by atoms with Crippen LogP contribution >= 0.6 is 0 Å². The van der Waals surface area contributed by atoms with Gasteiger partial charge in [-0.15, -0.1) is 0 Å². The van der Waals surface area contributed by atoms with Gasteiger partial charge in [-0.1, -0.05) is 66.2 Å². The molecular formula is C29H33FN4O3. The Morgan fingerprint density at radius 3 is 2.43 bits per heavy atom. The van der Waals surface area contributed by atoms with Gasteiger partial charge in [0.05, 0.1) is 12.7 Å². The van der Waals surface area contributed by atoms with Gasteiger partial charge >= 0.3 is 0 Å². The van der Waals surface area contributed by atoms with Crippen molar-refractivity contribution in [3.05, 3.63) is 89.5 Å². The van der Waals surface area contributed by atoms with Crippen molar-refractivity contribution >= 4 is 17.6 Å². The smallest absolute Gasteiger partial charge is 0.255 e. The van der Waals surface area contributed by atoms with Gasteiger partial charge in [-0.2, -0.15) is 0 Å². The summed E-state index contributed by atoms with van der Waals surface area (Å²) in [6.07, 6.45) is 0.755. The Morgan fingerprint density at radius 1 is 0.973 bits per heavy atom. The summed E-state index contributed by atoms with van der Waals surface area (Å²) in [6.45, 7) is 1.76. The fourth-order valence-corrected chi connectivity index (χ4v) is 3.90. The SMILES string of the molecule is COc1ccc(-c2cccc(C)c2)cc1C(=O)N[C@@H](CCCNC(=N)CF)C(=O)NCc1ccccc1. The van der Waals surface area contributed by atoms with E-state index in [2.05, 4.69) is 16.0 Å². The second-order valence-corrected chi connectivity index (χ2v) is 8.70. The molecule has 0 unspecified atom stereocenters. The number of alkyl halides is 1. The van der Waals surface area contributed by atoms with Gasteiger partial charge in [0, 0.05) is 13.1 Å². The number of ether oxygens (including phenoxy) is 1. The zero-order valence-corrected chi connectivity index (χ0v) is 21.1. The Labute approximate surface area is 216 Å². The van der Waals surface area contributed by atoms with Crippen LogP contribution in [0.4, 0.5) is 4.39 Å². The minimum atomic E-state index is -0.880. The lowest BCUT2D eigenvalue weighted by atomic mass is 10.00. The van der Waals surface area contributed by atoms with E-state index in [9.17, 15) is 14.0 Å². The highest BCUT2D eigenvalue weighted by Gasteiger charge is 2.23. The van der Waals surface area contributed by atoms with E-state index in [1.54, 1.807) is 12.1 Å². The fraction of sp³-hybridized carbons (Fsp3) is 0.276. The Hall–Kier alpha value is -4.20. The first-order valence-electron chi connectivity index (χ1n) is 12.2. The van der Waals surface area contributed by atoms with Crippen LogP contribution in [-0.2, 0) is 11.3 Å². The summed E-state index contributed by atoms with van der Waals surface area (Å²) >= 11 is 0. The second-order valence-electron chi connectivity index (χ2n) is 8.70. The molecule has 0 aromatic heterocycles. The summed E-state index contributed by atoms with van der Waals surface area (Å²) in [5.41, 5.74) is 4.18. The van der Waals surface area contributed by atoms with E-state index in [-0.39, 0.29) is 11.7 Å². The van der Waals surface area contributed by atoms with Crippen LogP contribution in [0.3, 0.4) is 0 Å². The number of amidine groups is 1. The van der Waals surface area contributed by atoms with E-state index in [0.29, 0.717) is 37.2 Å². The number of hydrogen-bond donors (Lipinski definition) is 4. The van der Waals surface area contributed by atoms with E-state index < -0.39 is 18.6 Å². The molecule has 3 rings (SSSR count). The van der Waals surface area contributed by atoms with E-state index in [1.807, 2.05) is 67.6 Å². The molecule has 0 aliphatic carbocycles. The van der Waals surface area contributed by atoms with Crippen molar-refractivity contribution in [2.45, 2.75) is 32.4 Å².